The average Bonchev–Trinajstić information content (AvgIpc) is 3.08. The molecule has 6 heteroatoms. The van der Waals surface area contributed by atoms with Gasteiger partial charge in [-0.15, -0.1) is 22.6 Å². The Kier molecular flexibility index (Phi) is 5.13. The summed E-state index contributed by atoms with van der Waals surface area (Å²) in [6, 6.07) is 10.2. The lowest BCUT2D eigenvalue weighted by Crippen LogP contribution is -2.12. The summed E-state index contributed by atoms with van der Waals surface area (Å²) in [6.45, 7) is 1.58. The molecule has 1 N–H and O–H groups in total. The molecule has 1 atom stereocenters. The van der Waals surface area contributed by atoms with Gasteiger partial charge in [0.1, 0.15) is 17.4 Å². The number of halogens is 1. The van der Waals surface area contributed by atoms with Gasteiger partial charge in [-0.1, -0.05) is 29.5 Å². The Bertz CT molecular complexity index is 500. The zero-order valence-electron chi connectivity index (χ0n) is 10.4. The molecule has 0 aliphatic carbocycles. The quantitative estimate of drug-likeness (QED) is 0.942. The number of nitrogens with one attached hydrogen (secondary N) is 1. The molecule has 1 unspecified atom stereocenters. The van der Waals surface area contributed by atoms with Crippen LogP contribution in [-0.4, -0.2) is 16.7 Å². The number of para-hydroxylation sites is 1. The van der Waals surface area contributed by atoms with Crippen molar-refractivity contribution in [3.8, 4) is 5.75 Å². The zero-order chi connectivity index (χ0) is 12.2. The number of nitrogens with zero attached hydrogens (tertiary/aromatic N) is 2. The van der Waals surface area contributed by atoms with Crippen molar-refractivity contribution in [2.75, 3.05) is 6.54 Å². The van der Waals surface area contributed by atoms with Gasteiger partial charge in [-0.2, -0.15) is 0 Å². The second-order valence-corrected chi connectivity index (χ2v) is 5.38. The molecule has 2 heterocycles. The summed E-state index contributed by atoms with van der Waals surface area (Å²) >= 11 is 1.64. The summed E-state index contributed by atoms with van der Waals surface area (Å²) < 4.78 is 5.66. The number of aromatic nitrogens is 2. The molecule has 1 aliphatic rings. The molecule has 0 radical (unpaired) electrons. The van der Waals surface area contributed by atoms with Gasteiger partial charge in [-0.05, 0) is 31.5 Å². The number of hydrogen-bond donors (Lipinski definition) is 1. The van der Waals surface area contributed by atoms with Crippen LogP contribution in [0.25, 0.3) is 0 Å². The van der Waals surface area contributed by atoms with Crippen molar-refractivity contribution in [3.63, 3.8) is 0 Å². The van der Waals surface area contributed by atoms with E-state index in [1.54, 1.807) is 11.3 Å². The number of benzene rings is 1. The fourth-order valence-electron chi connectivity index (χ4n) is 2.02. The molecule has 102 valence electrons. The summed E-state index contributed by atoms with van der Waals surface area (Å²) in [5, 5.41) is 13.9. The van der Waals surface area contributed by atoms with Gasteiger partial charge in [0, 0.05) is 0 Å². The van der Waals surface area contributed by atoms with E-state index in [0.717, 1.165) is 28.7 Å². The number of ether oxygens (including phenoxy) is 1. The molecule has 1 aromatic heterocycles. The van der Waals surface area contributed by atoms with Crippen LogP contribution in [0.1, 0.15) is 28.9 Å². The second-order valence-electron chi connectivity index (χ2n) is 4.28. The van der Waals surface area contributed by atoms with Crippen molar-refractivity contribution in [1.29, 1.82) is 0 Å². The second kappa shape index (κ2) is 6.84. The molecule has 1 aromatic carbocycles. The Hall–Kier alpha value is -1.17. The highest BCUT2D eigenvalue weighted by Crippen LogP contribution is 2.26. The van der Waals surface area contributed by atoms with Crippen LogP contribution in [0, 0.1) is 0 Å². The van der Waals surface area contributed by atoms with Crippen LogP contribution in [0.2, 0.25) is 0 Å². The summed E-state index contributed by atoms with van der Waals surface area (Å²) in [7, 11) is 0. The lowest BCUT2D eigenvalue weighted by Gasteiger charge is -2.03. The summed E-state index contributed by atoms with van der Waals surface area (Å²) in [5.41, 5.74) is 0. The Morgan fingerprint density at radius 3 is 2.84 bits per heavy atom. The topological polar surface area (TPSA) is 47.0 Å². The minimum absolute atomic E-state index is 0. The smallest absolute Gasteiger partial charge is 0.155 e. The van der Waals surface area contributed by atoms with Crippen LogP contribution in [0.3, 0.4) is 0 Å². The van der Waals surface area contributed by atoms with E-state index in [1.807, 2.05) is 30.3 Å². The maximum Gasteiger partial charge on any atom is 0.155 e. The van der Waals surface area contributed by atoms with Crippen LogP contribution in [0.5, 0.6) is 5.75 Å². The minimum atomic E-state index is 0. The molecule has 0 saturated carbocycles. The molecule has 3 rings (SSSR count). The third kappa shape index (κ3) is 3.65. The molecule has 1 fully saturated rings. The van der Waals surface area contributed by atoms with Gasteiger partial charge in [0.15, 0.2) is 5.01 Å². The van der Waals surface area contributed by atoms with E-state index in [2.05, 4.69) is 15.5 Å². The predicted molar refractivity (Wildman–Crippen MR) is 77.9 cm³/mol. The lowest BCUT2D eigenvalue weighted by atomic mass is 10.2. The van der Waals surface area contributed by atoms with Gasteiger partial charge in [0.25, 0.3) is 0 Å². The summed E-state index contributed by atoms with van der Waals surface area (Å²) in [6.07, 6.45) is 2.38. The fraction of sp³-hybridized carbons (Fsp3) is 0.385. The fourth-order valence-corrected chi connectivity index (χ4v) is 2.89. The van der Waals surface area contributed by atoms with Crippen molar-refractivity contribution in [1.82, 2.24) is 15.5 Å². The molecule has 19 heavy (non-hydrogen) atoms. The summed E-state index contributed by atoms with van der Waals surface area (Å²) in [5.74, 6) is 0.869. The van der Waals surface area contributed by atoms with Gasteiger partial charge in [0.2, 0.25) is 0 Å². The standard InChI is InChI=1S/C13H15N3OS.ClH/c1-2-5-10(6-3-1)17-9-12-15-16-13(18-12)11-7-4-8-14-11;/h1-3,5-6,11,14H,4,7-9H2;1H. The largest absolute Gasteiger partial charge is 0.486 e. The first kappa shape index (κ1) is 14.2. The van der Waals surface area contributed by atoms with E-state index < -0.39 is 0 Å². The zero-order valence-corrected chi connectivity index (χ0v) is 12.0. The highest BCUT2D eigenvalue weighted by atomic mass is 35.5. The first-order chi connectivity index (χ1) is 8.92. The molecule has 2 aromatic rings. The third-order valence-corrected chi connectivity index (χ3v) is 3.96. The summed E-state index contributed by atoms with van der Waals surface area (Å²) in [4.78, 5) is 0. The Morgan fingerprint density at radius 1 is 1.26 bits per heavy atom. The maximum atomic E-state index is 5.66. The molecule has 1 aliphatic heterocycles. The van der Waals surface area contributed by atoms with Gasteiger partial charge in [-0.25, -0.2) is 0 Å². The molecule has 0 amide bonds. The van der Waals surface area contributed by atoms with Crippen molar-refractivity contribution >= 4 is 23.7 Å². The highest BCUT2D eigenvalue weighted by molar-refractivity contribution is 7.11. The molecule has 0 bridgehead atoms. The number of rotatable bonds is 4. The van der Waals surface area contributed by atoms with Crippen LogP contribution < -0.4 is 10.1 Å². The lowest BCUT2D eigenvalue weighted by molar-refractivity contribution is 0.304. The van der Waals surface area contributed by atoms with E-state index in [4.69, 9.17) is 4.74 Å². The van der Waals surface area contributed by atoms with Gasteiger partial charge < -0.3 is 10.1 Å². The van der Waals surface area contributed by atoms with Crippen molar-refractivity contribution in [2.45, 2.75) is 25.5 Å². The minimum Gasteiger partial charge on any atom is -0.486 e. The predicted octanol–water partition coefficient (Wildman–Crippen LogP) is 2.96. The van der Waals surface area contributed by atoms with E-state index in [0.29, 0.717) is 12.6 Å². The monoisotopic (exact) mass is 297 g/mol. The van der Waals surface area contributed by atoms with Gasteiger partial charge in [0.05, 0.1) is 6.04 Å². The van der Waals surface area contributed by atoms with Gasteiger partial charge in [-0.3, -0.25) is 0 Å². The molecule has 4 nitrogen and oxygen atoms in total. The van der Waals surface area contributed by atoms with E-state index >= 15 is 0 Å². The molecular formula is C13H16ClN3OS. The molecular weight excluding hydrogens is 282 g/mol. The average molecular weight is 298 g/mol. The first-order valence-corrected chi connectivity index (χ1v) is 6.97. The normalized spacial score (nSPS) is 18.0. The van der Waals surface area contributed by atoms with Crippen LogP contribution >= 0.6 is 23.7 Å². The van der Waals surface area contributed by atoms with E-state index in [1.165, 1.54) is 6.42 Å². The van der Waals surface area contributed by atoms with Crippen molar-refractivity contribution < 1.29 is 4.74 Å². The maximum absolute atomic E-state index is 5.66. The molecule has 1 saturated heterocycles. The highest BCUT2D eigenvalue weighted by Gasteiger charge is 2.20. The van der Waals surface area contributed by atoms with E-state index in [-0.39, 0.29) is 12.4 Å². The van der Waals surface area contributed by atoms with Crippen LogP contribution in [0.15, 0.2) is 30.3 Å². The van der Waals surface area contributed by atoms with Crippen LogP contribution in [-0.2, 0) is 6.61 Å². The van der Waals surface area contributed by atoms with Crippen molar-refractivity contribution in [3.05, 3.63) is 40.3 Å². The van der Waals surface area contributed by atoms with Crippen molar-refractivity contribution in [2.24, 2.45) is 0 Å². The van der Waals surface area contributed by atoms with Gasteiger partial charge >= 0.3 is 0 Å². The Labute approximate surface area is 122 Å². The molecule has 0 spiro atoms. The first-order valence-electron chi connectivity index (χ1n) is 6.15. The Morgan fingerprint density at radius 2 is 2.11 bits per heavy atom. The van der Waals surface area contributed by atoms with Crippen LogP contribution in [0.4, 0.5) is 0 Å². The SMILES string of the molecule is Cl.c1ccc(OCc2nnc(C3CCCN3)s2)cc1. The Balaban J connectivity index is 0.00000133. The van der Waals surface area contributed by atoms with E-state index in [9.17, 15) is 0 Å². The third-order valence-electron chi connectivity index (χ3n) is 2.95. The number of hydrogen-bond acceptors (Lipinski definition) is 5.